The lowest BCUT2D eigenvalue weighted by Gasteiger charge is -1.96. The summed E-state index contributed by atoms with van der Waals surface area (Å²) in [5.74, 6) is 0.529. The Labute approximate surface area is 92.4 Å². The Morgan fingerprint density at radius 2 is 2.07 bits per heavy atom. The van der Waals surface area contributed by atoms with Gasteiger partial charge in [0.15, 0.2) is 0 Å². The SMILES string of the molecule is Cc1ccc(-c2nc(C(C)C)cs2)s1. The molecule has 0 radical (unpaired) electrons. The molecule has 0 N–H and O–H groups in total. The summed E-state index contributed by atoms with van der Waals surface area (Å²) in [6.07, 6.45) is 0. The second-order valence-corrected chi connectivity index (χ2v) is 5.79. The second-order valence-electron chi connectivity index (χ2n) is 3.64. The van der Waals surface area contributed by atoms with Crippen LogP contribution in [0.4, 0.5) is 0 Å². The maximum absolute atomic E-state index is 4.62. The van der Waals surface area contributed by atoms with E-state index < -0.39 is 0 Å². The first-order valence-electron chi connectivity index (χ1n) is 4.69. The number of nitrogens with zero attached hydrogens (tertiary/aromatic N) is 1. The zero-order valence-electron chi connectivity index (χ0n) is 8.57. The average molecular weight is 223 g/mol. The highest BCUT2D eigenvalue weighted by atomic mass is 32.1. The van der Waals surface area contributed by atoms with Crippen molar-refractivity contribution in [1.82, 2.24) is 4.98 Å². The molecule has 3 heteroatoms. The van der Waals surface area contributed by atoms with Crippen molar-refractivity contribution < 1.29 is 0 Å². The van der Waals surface area contributed by atoms with Crippen LogP contribution in [0, 0.1) is 6.92 Å². The van der Waals surface area contributed by atoms with Gasteiger partial charge >= 0.3 is 0 Å². The van der Waals surface area contributed by atoms with Crippen LogP contribution in [0.3, 0.4) is 0 Å². The van der Waals surface area contributed by atoms with Crippen molar-refractivity contribution in [3.8, 4) is 9.88 Å². The fourth-order valence-corrected chi connectivity index (χ4v) is 3.13. The Kier molecular flexibility index (Phi) is 2.70. The summed E-state index contributed by atoms with van der Waals surface area (Å²) in [5, 5.41) is 3.32. The molecule has 0 spiro atoms. The van der Waals surface area contributed by atoms with Crippen molar-refractivity contribution in [1.29, 1.82) is 0 Å². The molecule has 0 unspecified atom stereocenters. The molecule has 0 aliphatic rings. The van der Waals surface area contributed by atoms with Crippen LogP contribution in [0.25, 0.3) is 9.88 Å². The second kappa shape index (κ2) is 3.83. The van der Waals surface area contributed by atoms with Gasteiger partial charge in [-0.2, -0.15) is 0 Å². The maximum atomic E-state index is 4.62. The van der Waals surface area contributed by atoms with Gasteiger partial charge in [0.2, 0.25) is 0 Å². The van der Waals surface area contributed by atoms with Gasteiger partial charge < -0.3 is 0 Å². The van der Waals surface area contributed by atoms with Gasteiger partial charge in [0.25, 0.3) is 0 Å². The van der Waals surface area contributed by atoms with Crippen LogP contribution >= 0.6 is 22.7 Å². The van der Waals surface area contributed by atoms with E-state index in [2.05, 4.69) is 43.3 Å². The van der Waals surface area contributed by atoms with Crippen molar-refractivity contribution in [3.63, 3.8) is 0 Å². The monoisotopic (exact) mass is 223 g/mol. The highest BCUT2D eigenvalue weighted by Gasteiger charge is 2.08. The molecule has 1 nitrogen and oxygen atoms in total. The predicted octanol–water partition coefficient (Wildman–Crippen LogP) is 4.30. The van der Waals surface area contributed by atoms with E-state index in [1.807, 2.05) is 11.3 Å². The molecule has 0 fully saturated rings. The van der Waals surface area contributed by atoms with Crippen LogP contribution in [0.15, 0.2) is 17.5 Å². The highest BCUT2D eigenvalue weighted by molar-refractivity contribution is 7.21. The molecule has 2 aromatic heterocycles. The topological polar surface area (TPSA) is 12.9 Å². The van der Waals surface area contributed by atoms with Gasteiger partial charge in [-0.3, -0.25) is 0 Å². The van der Waals surface area contributed by atoms with E-state index in [-0.39, 0.29) is 0 Å². The summed E-state index contributed by atoms with van der Waals surface area (Å²) >= 11 is 3.56. The first-order valence-corrected chi connectivity index (χ1v) is 6.38. The first-order chi connectivity index (χ1) is 6.66. The minimum atomic E-state index is 0.529. The zero-order valence-corrected chi connectivity index (χ0v) is 10.2. The normalized spacial score (nSPS) is 11.1. The van der Waals surface area contributed by atoms with Crippen LogP contribution in [0.1, 0.15) is 30.3 Å². The van der Waals surface area contributed by atoms with E-state index in [0.29, 0.717) is 5.92 Å². The number of aromatic nitrogens is 1. The molecule has 0 bridgehead atoms. The van der Waals surface area contributed by atoms with Crippen LogP contribution in [0.5, 0.6) is 0 Å². The van der Waals surface area contributed by atoms with Gasteiger partial charge in [0.1, 0.15) is 5.01 Å². The summed E-state index contributed by atoms with van der Waals surface area (Å²) in [6.45, 7) is 6.49. The Bertz CT molecular complexity index is 426. The first kappa shape index (κ1) is 9.87. The van der Waals surface area contributed by atoms with Crippen molar-refractivity contribution in [3.05, 3.63) is 28.1 Å². The van der Waals surface area contributed by atoms with Gasteiger partial charge in [-0.05, 0) is 25.0 Å². The third-order valence-electron chi connectivity index (χ3n) is 2.06. The van der Waals surface area contributed by atoms with Crippen molar-refractivity contribution >= 4 is 22.7 Å². The third-order valence-corrected chi connectivity index (χ3v) is 4.10. The molecular formula is C11H13NS2. The van der Waals surface area contributed by atoms with Gasteiger partial charge in [0.05, 0.1) is 10.6 Å². The minimum absolute atomic E-state index is 0.529. The molecule has 0 aliphatic carbocycles. The highest BCUT2D eigenvalue weighted by Crippen LogP contribution is 2.31. The summed E-state index contributed by atoms with van der Waals surface area (Å²) in [5.41, 5.74) is 1.20. The smallest absolute Gasteiger partial charge is 0.133 e. The van der Waals surface area contributed by atoms with Crippen molar-refractivity contribution in [2.45, 2.75) is 26.7 Å². The molecule has 0 amide bonds. The predicted molar refractivity (Wildman–Crippen MR) is 64.3 cm³/mol. The van der Waals surface area contributed by atoms with E-state index in [0.717, 1.165) is 5.01 Å². The van der Waals surface area contributed by atoms with Crippen LogP contribution in [-0.2, 0) is 0 Å². The minimum Gasteiger partial charge on any atom is -0.240 e. The average Bonchev–Trinajstić information content (AvgIpc) is 2.70. The maximum Gasteiger partial charge on any atom is 0.133 e. The Balaban J connectivity index is 2.33. The number of thiazole rings is 1. The number of hydrogen-bond donors (Lipinski definition) is 0. The Morgan fingerprint density at radius 3 is 2.57 bits per heavy atom. The molecule has 0 atom stereocenters. The van der Waals surface area contributed by atoms with Gasteiger partial charge in [-0.15, -0.1) is 22.7 Å². The molecule has 0 saturated heterocycles. The Hall–Kier alpha value is -0.670. The fourth-order valence-electron chi connectivity index (χ4n) is 1.21. The molecule has 0 aromatic carbocycles. The van der Waals surface area contributed by atoms with E-state index in [1.165, 1.54) is 15.4 Å². The summed E-state index contributed by atoms with van der Waals surface area (Å²) < 4.78 is 0. The van der Waals surface area contributed by atoms with Crippen LogP contribution in [0.2, 0.25) is 0 Å². The van der Waals surface area contributed by atoms with Crippen LogP contribution in [-0.4, -0.2) is 4.98 Å². The van der Waals surface area contributed by atoms with E-state index >= 15 is 0 Å². The summed E-state index contributed by atoms with van der Waals surface area (Å²) in [4.78, 5) is 7.26. The zero-order chi connectivity index (χ0) is 10.1. The summed E-state index contributed by atoms with van der Waals surface area (Å²) in [7, 11) is 0. The molecule has 0 aliphatic heterocycles. The van der Waals surface area contributed by atoms with Gasteiger partial charge in [-0.25, -0.2) is 4.98 Å². The largest absolute Gasteiger partial charge is 0.240 e. The Morgan fingerprint density at radius 1 is 1.29 bits per heavy atom. The molecule has 14 heavy (non-hydrogen) atoms. The number of hydrogen-bond acceptors (Lipinski definition) is 3. The standard InChI is InChI=1S/C11H13NS2/c1-7(2)9-6-13-11(12-9)10-5-4-8(3)14-10/h4-7H,1-3H3. The number of aryl methyl sites for hydroxylation is 1. The molecule has 2 aromatic rings. The quantitative estimate of drug-likeness (QED) is 0.739. The summed E-state index contributed by atoms with van der Waals surface area (Å²) in [6, 6.07) is 4.30. The van der Waals surface area contributed by atoms with E-state index in [4.69, 9.17) is 0 Å². The lowest BCUT2D eigenvalue weighted by atomic mass is 10.2. The molecule has 2 heterocycles. The van der Waals surface area contributed by atoms with Crippen molar-refractivity contribution in [2.24, 2.45) is 0 Å². The number of rotatable bonds is 2. The lowest BCUT2D eigenvalue weighted by Crippen LogP contribution is -1.85. The van der Waals surface area contributed by atoms with Gasteiger partial charge in [0, 0.05) is 10.3 Å². The fraction of sp³-hybridized carbons (Fsp3) is 0.364. The van der Waals surface area contributed by atoms with E-state index in [9.17, 15) is 0 Å². The molecule has 74 valence electrons. The molecule has 2 rings (SSSR count). The van der Waals surface area contributed by atoms with E-state index in [1.54, 1.807) is 11.3 Å². The third kappa shape index (κ3) is 1.88. The molecule has 0 saturated carbocycles. The van der Waals surface area contributed by atoms with Crippen molar-refractivity contribution in [2.75, 3.05) is 0 Å². The molecular weight excluding hydrogens is 210 g/mol. The number of thiophene rings is 1. The lowest BCUT2D eigenvalue weighted by molar-refractivity contribution is 0.834. The van der Waals surface area contributed by atoms with Crippen LogP contribution < -0.4 is 0 Å². The van der Waals surface area contributed by atoms with Gasteiger partial charge in [-0.1, -0.05) is 13.8 Å².